The molecule has 1 saturated heterocycles. The Bertz CT molecular complexity index is 770. The van der Waals surface area contributed by atoms with Crippen LogP contribution in [0.5, 0.6) is 5.75 Å². The second-order valence-electron chi connectivity index (χ2n) is 6.83. The van der Waals surface area contributed by atoms with Gasteiger partial charge in [0.15, 0.2) is 0 Å². The molecule has 0 atom stereocenters. The van der Waals surface area contributed by atoms with E-state index in [-0.39, 0.29) is 5.91 Å². The lowest BCUT2D eigenvalue weighted by Gasteiger charge is -2.19. The molecular formula is C21H28N2O2. The molecule has 1 amide bonds. The molecular weight excluding hydrogens is 312 g/mol. The van der Waals surface area contributed by atoms with Gasteiger partial charge in [0.2, 0.25) is 0 Å². The summed E-state index contributed by atoms with van der Waals surface area (Å²) in [5, 5.41) is 0. The number of rotatable bonds is 5. The van der Waals surface area contributed by atoms with Crippen molar-refractivity contribution in [1.29, 1.82) is 0 Å². The zero-order valence-electron chi connectivity index (χ0n) is 15.8. The molecule has 1 aromatic carbocycles. The van der Waals surface area contributed by atoms with E-state index in [4.69, 9.17) is 4.74 Å². The van der Waals surface area contributed by atoms with Crippen molar-refractivity contribution < 1.29 is 9.53 Å². The highest BCUT2D eigenvalue weighted by atomic mass is 16.5. The summed E-state index contributed by atoms with van der Waals surface area (Å²) in [6.07, 6.45) is 3.17. The maximum atomic E-state index is 13.2. The van der Waals surface area contributed by atoms with E-state index >= 15 is 0 Å². The third-order valence-corrected chi connectivity index (χ3v) is 5.34. The van der Waals surface area contributed by atoms with Gasteiger partial charge in [0.25, 0.3) is 5.91 Å². The Kier molecular flexibility index (Phi) is 5.16. The molecule has 0 unspecified atom stereocenters. The van der Waals surface area contributed by atoms with Gasteiger partial charge in [-0.15, -0.1) is 0 Å². The number of hydrogen-bond acceptors (Lipinski definition) is 2. The van der Waals surface area contributed by atoms with E-state index in [1.54, 1.807) is 7.11 Å². The molecule has 1 aliphatic rings. The number of nitrogens with zero attached hydrogens (tertiary/aromatic N) is 2. The van der Waals surface area contributed by atoms with Crippen LogP contribution < -0.4 is 4.74 Å². The Morgan fingerprint density at radius 2 is 1.92 bits per heavy atom. The number of methoxy groups -OCH3 is 1. The minimum Gasteiger partial charge on any atom is -0.497 e. The normalized spacial score (nSPS) is 14.2. The Morgan fingerprint density at radius 3 is 2.56 bits per heavy atom. The SMILES string of the molecule is CCc1c(C)c(C(=O)N2CCCC2)n(Cc2cccc(OC)c2)c1C. The number of carbonyl (C=O) groups excluding carboxylic acids is 1. The highest BCUT2D eigenvalue weighted by molar-refractivity contribution is 5.95. The molecule has 0 aliphatic carbocycles. The van der Waals surface area contributed by atoms with Crippen LogP contribution in [0.15, 0.2) is 24.3 Å². The predicted molar refractivity (Wildman–Crippen MR) is 101 cm³/mol. The maximum Gasteiger partial charge on any atom is 0.270 e. The average molecular weight is 340 g/mol. The van der Waals surface area contributed by atoms with Crippen molar-refractivity contribution in [2.45, 2.75) is 46.6 Å². The average Bonchev–Trinajstić information content (AvgIpc) is 3.23. The quantitative estimate of drug-likeness (QED) is 0.826. The number of amides is 1. The van der Waals surface area contributed by atoms with E-state index in [9.17, 15) is 4.79 Å². The topological polar surface area (TPSA) is 34.5 Å². The molecule has 0 radical (unpaired) electrons. The van der Waals surface area contributed by atoms with Gasteiger partial charge in [-0.3, -0.25) is 4.79 Å². The third-order valence-electron chi connectivity index (χ3n) is 5.34. The summed E-state index contributed by atoms with van der Waals surface area (Å²) in [5.41, 5.74) is 5.64. The van der Waals surface area contributed by atoms with Crippen LogP contribution >= 0.6 is 0 Å². The molecule has 2 heterocycles. The van der Waals surface area contributed by atoms with Gasteiger partial charge < -0.3 is 14.2 Å². The van der Waals surface area contributed by atoms with Gasteiger partial charge in [0.05, 0.1) is 7.11 Å². The lowest BCUT2D eigenvalue weighted by molar-refractivity contribution is 0.0781. The van der Waals surface area contributed by atoms with Crippen molar-refractivity contribution in [2.75, 3.05) is 20.2 Å². The van der Waals surface area contributed by atoms with Crippen molar-refractivity contribution in [3.05, 3.63) is 52.3 Å². The number of likely N-dealkylation sites (tertiary alicyclic amines) is 1. The van der Waals surface area contributed by atoms with E-state index < -0.39 is 0 Å². The highest BCUT2D eigenvalue weighted by Gasteiger charge is 2.27. The van der Waals surface area contributed by atoms with Crippen LogP contribution in [0.1, 0.15) is 52.6 Å². The van der Waals surface area contributed by atoms with Crippen molar-refractivity contribution in [3.63, 3.8) is 0 Å². The zero-order chi connectivity index (χ0) is 18.0. The molecule has 25 heavy (non-hydrogen) atoms. The molecule has 0 spiro atoms. The number of benzene rings is 1. The Hall–Kier alpha value is -2.23. The molecule has 3 rings (SSSR count). The van der Waals surface area contributed by atoms with E-state index in [0.717, 1.165) is 54.9 Å². The summed E-state index contributed by atoms with van der Waals surface area (Å²) in [7, 11) is 1.68. The van der Waals surface area contributed by atoms with Gasteiger partial charge in [-0.05, 0) is 61.9 Å². The standard InChI is InChI=1S/C21H28N2O2/c1-5-19-15(2)20(21(24)22-11-6-7-12-22)23(16(19)3)14-17-9-8-10-18(13-17)25-4/h8-10,13H,5-7,11-12,14H2,1-4H3. The number of aromatic nitrogens is 1. The van der Waals surface area contributed by atoms with Gasteiger partial charge in [0.1, 0.15) is 11.4 Å². The van der Waals surface area contributed by atoms with E-state index in [0.29, 0.717) is 6.54 Å². The first kappa shape index (κ1) is 17.6. The van der Waals surface area contributed by atoms with Crippen LogP contribution in [0.25, 0.3) is 0 Å². The van der Waals surface area contributed by atoms with Crippen LogP contribution in [-0.2, 0) is 13.0 Å². The molecule has 1 aromatic heterocycles. The summed E-state index contributed by atoms with van der Waals surface area (Å²) < 4.78 is 7.55. The highest BCUT2D eigenvalue weighted by Crippen LogP contribution is 2.27. The molecule has 0 bridgehead atoms. The van der Waals surface area contributed by atoms with Crippen LogP contribution in [0, 0.1) is 13.8 Å². The van der Waals surface area contributed by atoms with Gasteiger partial charge in [0, 0.05) is 25.3 Å². The first-order valence-corrected chi connectivity index (χ1v) is 9.17. The molecule has 134 valence electrons. The van der Waals surface area contributed by atoms with Gasteiger partial charge in [-0.25, -0.2) is 0 Å². The fourth-order valence-corrected chi connectivity index (χ4v) is 3.97. The number of ether oxygens (including phenoxy) is 1. The van der Waals surface area contributed by atoms with E-state index in [1.807, 2.05) is 23.1 Å². The smallest absolute Gasteiger partial charge is 0.270 e. The fourth-order valence-electron chi connectivity index (χ4n) is 3.97. The van der Waals surface area contributed by atoms with Gasteiger partial charge in [-0.1, -0.05) is 19.1 Å². The molecule has 1 aliphatic heterocycles. The van der Waals surface area contributed by atoms with Crippen LogP contribution in [0.2, 0.25) is 0 Å². The number of carbonyl (C=O) groups is 1. The van der Waals surface area contributed by atoms with E-state index in [1.165, 1.54) is 11.3 Å². The summed E-state index contributed by atoms with van der Waals surface area (Å²) >= 11 is 0. The van der Waals surface area contributed by atoms with Crippen LogP contribution in [0.4, 0.5) is 0 Å². The van der Waals surface area contributed by atoms with Crippen molar-refractivity contribution in [3.8, 4) is 5.75 Å². The Balaban J connectivity index is 2.03. The van der Waals surface area contributed by atoms with Crippen LogP contribution in [0.3, 0.4) is 0 Å². The second kappa shape index (κ2) is 7.34. The summed E-state index contributed by atoms with van der Waals surface area (Å²) in [6.45, 7) is 8.84. The molecule has 4 nitrogen and oxygen atoms in total. The fraction of sp³-hybridized carbons (Fsp3) is 0.476. The summed E-state index contributed by atoms with van der Waals surface area (Å²) in [6, 6.07) is 8.09. The Morgan fingerprint density at radius 1 is 1.20 bits per heavy atom. The maximum absolute atomic E-state index is 13.2. The largest absolute Gasteiger partial charge is 0.497 e. The van der Waals surface area contributed by atoms with E-state index in [2.05, 4.69) is 31.4 Å². The monoisotopic (exact) mass is 340 g/mol. The molecule has 2 aromatic rings. The first-order valence-electron chi connectivity index (χ1n) is 9.17. The van der Waals surface area contributed by atoms with Crippen molar-refractivity contribution >= 4 is 5.91 Å². The lowest BCUT2D eigenvalue weighted by Crippen LogP contribution is -2.30. The number of hydrogen-bond donors (Lipinski definition) is 0. The molecule has 0 N–H and O–H groups in total. The van der Waals surface area contributed by atoms with Crippen molar-refractivity contribution in [1.82, 2.24) is 9.47 Å². The van der Waals surface area contributed by atoms with Gasteiger partial charge >= 0.3 is 0 Å². The first-order chi connectivity index (χ1) is 12.1. The molecule has 0 saturated carbocycles. The van der Waals surface area contributed by atoms with Crippen molar-refractivity contribution in [2.24, 2.45) is 0 Å². The summed E-state index contributed by atoms with van der Waals surface area (Å²) in [5.74, 6) is 1.03. The zero-order valence-corrected chi connectivity index (χ0v) is 15.8. The second-order valence-corrected chi connectivity index (χ2v) is 6.83. The van der Waals surface area contributed by atoms with Gasteiger partial charge in [-0.2, -0.15) is 0 Å². The lowest BCUT2D eigenvalue weighted by atomic mass is 10.1. The van der Waals surface area contributed by atoms with Crippen LogP contribution in [-0.4, -0.2) is 35.6 Å². The molecule has 1 fully saturated rings. The Labute approximate surface area is 150 Å². The minimum atomic E-state index is 0.181. The molecule has 4 heteroatoms. The third kappa shape index (κ3) is 3.30. The predicted octanol–water partition coefficient (Wildman–Crippen LogP) is 3.96. The minimum absolute atomic E-state index is 0.181. The summed E-state index contributed by atoms with van der Waals surface area (Å²) in [4.78, 5) is 15.2.